The van der Waals surface area contributed by atoms with Crippen LogP contribution in [0.4, 0.5) is 4.39 Å². The predicted molar refractivity (Wildman–Crippen MR) is 138 cm³/mol. The summed E-state index contributed by atoms with van der Waals surface area (Å²) in [7, 11) is 0. The number of carbonyl (C=O) groups excluding carboxylic acids is 3. The van der Waals surface area contributed by atoms with Crippen molar-refractivity contribution in [1.29, 1.82) is 0 Å². The molecule has 0 fully saturated rings. The molecule has 38 heavy (non-hydrogen) atoms. The van der Waals surface area contributed by atoms with Crippen molar-refractivity contribution in [3.05, 3.63) is 59.2 Å². The average Bonchev–Trinajstić information content (AvgIpc) is 2.88. The van der Waals surface area contributed by atoms with Crippen molar-refractivity contribution in [1.82, 2.24) is 20.9 Å². The molecule has 3 amide bonds. The van der Waals surface area contributed by atoms with Crippen LogP contribution in [0.15, 0.2) is 36.7 Å². The number of pyridine rings is 1. The Kier molecular flexibility index (Phi) is 11.0. The lowest BCUT2D eigenvalue weighted by Gasteiger charge is -2.27. The zero-order chi connectivity index (χ0) is 27.5. The van der Waals surface area contributed by atoms with Gasteiger partial charge in [-0.1, -0.05) is 19.1 Å². The highest BCUT2D eigenvalue weighted by atomic mass is 19.1. The third-order valence-electron chi connectivity index (χ3n) is 6.30. The molecule has 2 aliphatic heterocycles. The smallest absolute Gasteiger partial charge is 0.243 e. The molecule has 1 aromatic heterocycles. The molecule has 2 bridgehead atoms. The van der Waals surface area contributed by atoms with Gasteiger partial charge in [0.05, 0.1) is 25.2 Å². The molecule has 0 spiro atoms. The number of rotatable bonds is 8. The van der Waals surface area contributed by atoms with Crippen molar-refractivity contribution >= 4 is 17.7 Å². The number of amides is 3. The number of aryl methyl sites for hydroxylation is 1. The van der Waals surface area contributed by atoms with Gasteiger partial charge in [0.15, 0.2) is 11.6 Å². The van der Waals surface area contributed by atoms with Crippen LogP contribution in [0, 0.1) is 5.82 Å². The molecule has 0 aliphatic carbocycles. The SMILES string of the molecule is CCc1cncc(CNCC(O)C2Cc3ccc(c(F)c3)OCCCCC(=O)NC(CC(N)=O)C(=O)N2)c1. The Balaban J connectivity index is 1.78. The molecule has 0 radical (unpaired) electrons. The summed E-state index contributed by atoms with van der Waals surface area (Å²) in [4.78, 5) is 41.3. The lowest BCUT2D eigenvalue weighted by atomic mass is 9.99. The number of nitrogens with zero attached hydrogens (tertiary/aromatic N) is 1. The Morgan fingerprint density at radius 3 is 2.76 bits per heavy atom. The first-order valence-corrected chi connectivity index (χ1v) is 12.9. The molecule has 4 rings (SSSR count). The van der Waals surface area contributed by atoms with Gasteiger partial charge < -0.3 is 31.5 Å². The first kappa shape index (κ1) is 29.0. The molecule has 0 saturated heterocycles. The van der Waals surface area contributed by atoms with Gasteiger partial charge in [0.2, 0.25) is 17.7 Å². The van der Waals surface area contributed by atoms with Crippen molar-refractivity contribution in [3.63, 3.8) is 0 Å². The topological polar surface area (TPSA) is 156 Å². The number of aliphatic hydroxyl groups is 1. The largest absolute Gasteiger partial charge is 0.491 e. The molecule has 2 aromatic rings. The summed E-state index contributed by atoms with van der Waals surface area (Å²) in [5.41, 5.74) is 7.88. The lowest BCUT2D eigenvalue weighted by molar-refractivity contribution is -0.132. The Hall–Kier alpha value is -3.57. The van der Waals surface area contributed by atoms with Crippen molar-refractivity contribution < 1.29 is 28.6 Å². The minimum Gasteiger partial charge on any atom is -0.491 e. The fraction of sp³-hybridized carbons (Fsp3) is 0.481. The zero-order valence-corrected chi connectivity index (χ0v) is 21.5. The van der Waals surface area contributed by atoms with Gasteiger partial charge >= 0.3 is 0 Å². The van der Waals surface area contributed by atoms with E-state index >= 15 is 0 Å². The summed E-state index contributed by atoms with van der Waals surface area (Å²) in [5.74, 6) is -2.30. The van der Waals surface area contributed by atoms with Gasteiger partial charge in [-0.05, 0) is 54.5 Å². The number of carbonyl (C=O) groups is 3. The Morgan fingerprint density at radius 1 is 1.24 bits per heavy atom. The molecule has 3 unspecified atom stereocenters. The fourth-order valence-electron chi connectivity index (χ4n) is 4.19. The number of ether oxygens (including phenoxy) is 1. The Labute approximate surface area is 221 Å². The van der Waals surface area contributed by atoms with E-state index in [2.05, 4.69) is 20.9 Å². The van der Waals surface area contributed by atoms with Crippen LogP contribution < -0.4 is 26.4 Å². The Bertz CT molecular complexity index is 1120. The number of primary amides is 1. The van der Waals surface area contributed by atoms with E-state index in [9.17, 15) is 23.9 Å². The quantitative estimate of drug-likeness (QED) is 0.340. The molecule has 11 heteroatoms. The Morgan fingerprint density at radius 2 is 2.03 bits per heavy atom. The second kappa shape index (κ2) is 14.4. The summed E-state index contributed by atoms with van der Waals surface area (Å²) >= 11 is 0. The summed E-state index contributed by atoms with van der Waals surface area (Å²) < 4.78 is 20.2. The minimum absolute atomic E-state index is 0.0932. The molecule has 6 N–H and O–H groups in total. The molecular weight excluding hydrogens is 493 g/mol. The highest BCUT2D eigenvalue weighted by Crippen LogP contribution is 2.20. The third-order valence-corrected chi connectivity index (χ3v) is 6.30. The van der Waals surface area contributed by atoms with E-state index in [0.717, 1.165) is 17.5 Å². The zero-order valence-electron chi connectivity index (χ0n) is 21.5. The van der Waals surface area contributed by atoms with Gasteiger partial charge in [-0.3, -0.25) is 19.4 Å². The molecule has 3 atom stereocenters. The van der Waals surface area contributed by atoms with Crippen LogP contribution in [0.2, 0.25) is 0 Å². The predicted octanol–water partition coefficient (Wildman–Crippen LogP) is 0.884. The summed E-state index contributed by atoms with van der Waals surface area (Å²) in [6.07, 6.45) is 4.03. The van der Waals surface area contributed by atoms with Crippen LogP contribution >= 0.6 is 0 Å². The number of hydrogen-bond donors (Lipinski definition) is 5. The average molecular weight is 530 g/mol. The van der Waals surface area contributed by atoms with E-state index in [-0.39, 0.29) is 31.7 Å². The van der Waals surface area contributed by atoms with Gasteiger partial charge in [0.1, 0.15) is 6.04 Å². The molecule has 2 aliphatic rings. The number of aromatic nitrogens is 1. The van der Waals surface area contributed by atoms with Crippen LogP contribution in [-0.4, -0.2) is 59.2 Å². The van der Waals surface area contributed by atoms with Crippen molar-refractivity contribution in [2.24, 2.45) is 5.73 Å². The van der Waals surface area contributed by atoms with Crippen molar-refractivity contribution in [3.8, 4) is 5.75 Å². The van der Waals surface area contributed by atoms with Gasteiger partial charge in [0, 0.05) is 31.9 Å². The first-order valence-electron chi connectivity index (χ1n) is 12.9. The van der Waals surface area contributed by atoms with Gasteiger partial charge in [-0.15, -0.1) is 0 Å². The van der Waals surface area contributed by atoms with E-state index in [1.165, 1.54) is 12.1 Å². The maximum Gasteiger partial charge on any atom is 0.243 e. The molecule has 0 saturated carbocycles. The van der Waals surface area contributed by atoms with E-state index in [0.29, 0.717) is 24.9 Å². The molecule has 1 aromatic carbocycles. The van der Waals surface area contributed by atoms with Gasteiger partial charge in [-0.2, -0.15) is 0 Å². The van der Waals surface area contributed by atoms with Gasteiger partial charge in [-0.25, -0.2) is 4.39 Å². The first-order chi connectivity index (χ1) is 18.2. The second-order valence-corrected chi connectivity index (χ2v) is 9.43. The van der Waals surface area contributed by atoms with Gasteiger partial charge in [0.25, 0.3) is 0 Å². The number of nitrogens with one attached hydrogen (secondary N) is 3. The highest BCUT2D eigenvalue weighted by molar-refractivity contribution is 5.91. The monoisotopic (exact) mass is 529 g/mol. The standard InChI is InChI=1S/C27H36FN5O5/c1-2-17-9-19(14-30-13-17)15-31-16-23(34)21-11-18-6-7-24(20(28)10-18)38-8-4-3-5-26(36)32-22(12-25(29)35)27(37)33-21/h6-7,9-10,13-14,21-23,31,34H,2-5,8,11-12,15-16H2,1H3,(H2,29,35)(H,32,36)(H,33,37). The van der Waals surface area contributed by atoms with Crippen LogP contribution in [0.25, 0.3) is 0 Å². The van der Waals surface area contributed by atoms with E-state index in [4.69, 9.17) is 10.5 Å². The second-order valence-electron chi connectivity index (χ2n) is 9.43. The summed E-state index contributed by atoms with van der Waals surface area (Å²) in [5, 5.41) is 19.5. The van der Waals surface area contributed by atoms with E-state index in [1.807, 2.05) is 13.0 Å². The van der Waals surface area contributed by atoms with Crippen LogP contribution in [0.3, 0.4) is 0 Å². The lowest BCUT2D eigenvalue weighted by Crippen LogP contribution is -2.55. The molecule has 206 valence electrons. The molecule has 3 heterocycles. The minimum atomic E-state index is -1.20. The van der Waals surface area contributed by atoms with Crippen molar-refractivity contribution in [2.75, 3.05) is 13.2 Å². The number of nitrogens with two attached hydrogens (primary N) is 1. The number of aliphatic hydroxyl groups excluding tert-OH is 1. The summed E-state index contributed by atoms with van der Waals surface area (Å²) in [6.45, 7) is 2.81. The normalized spacial score (nSPS) is 19.8. The maximum atomic E-state index is 14.7. The third kappa shape index (κ3) is 9.07. The highest BCUT2D eigenvalue weighted by Gasteiger charge is 2.28. The molecular formula is C27H36FN5O5. The number of fused-ring (bicyclic) bond motifs is 13. The number of halogens is 1. The van der Waals surface area contributed by atoms with Crippen molar-refractivity contribution in [2.45, 2.75) is 70.2 Å². The molecule has 10 nitrogen and oxygen atoms in total. The number of benzene rings is 1. The van der Waals surface area contributed by atoms with Crippen LogP contribution in [0.5, 0.6) is 5.75 Å². The maximum absolute atomic E-state index is 14.7. The summed E-state index contributed by atoms with van der Waals surface area (Å²) in [6, 6.07) is 4.45. The van der Waals surface area contributed by atoms with Crippen LogP contribution in [-0.2, 0) is 33.8 Å². The van der Waals surface area contributed by atoms with E-state index in [1.54, 1.807) is 18.5 Å². The van der Waals surface area contributed by atoms with Crippen LogP contribution in [0.1, 0.15) is 49.3 Å². The van der Waals surface area contributed by atoms with E-state index < -0.39 is 48.1 Å². The number of hydrogen-bond acceptors (Lipinski definition) is 7. The fourth-order valence-corrected chi connectivity index (χ4v) is 4.19.